The monoisotopic (exact) mass is 511 g/mol. The molecule has 0 saturated heterocycles. The summed E-state index contributed by atoms with van der Waals surface area (Å²) in [6.07, 6.45) is 0. The molecule has 6 aromatic carbocycles. The fraction of sp³-hybridized carbons (Fsp3) is 0. The first kappa shape index (κ1) is 22.6. The van der Waals surface area contributed by atoms with Crippen LogP contribution < -0.4 is 4.90 Å². The van der Waals surface area contributed by atoms with Crippen LogP contribution in [0.3, 0.4) is 0 Å². The zero-order valence-electron chi connectivity index (χ0n) is 21.8. The lowest BCUT2D eigenvalue weighted by Crippen LogP contribution is -2.09. The Morgan fingerprint density at radius 2 is 1.02 bits per heavy atom. The summed E-state index contributed by atoms with van der Waals surface area (Å²) in [6.45, 7) is 0. The first-order chi connectivity index (χ1) is 19.8. The predicted octanol–water partition coefficient (Wildman–Crippen LogP) is 9.93. The number of hydrogen-bond donors (Lipinski definition) is 0. The summed E-state index contributed by atoms with van der Waals surface area (Å²) < 4.78 is 2.32. The van der Waals surface area contributed by atoms with Crippen LogP contribution in [0.4, 0.5) is 17.1 Å². The molecule has 0 atom stereocenters. The molecule has 0 bridgehead atoms. The number of fused-ring (bicyclic) bond motifs is 8. The average Bonchev–Trinajstić information content (AvgIpc) is 3.42. The zero-order valence-corrected chi connectivity index (χ0v) is 21.8. The normalized spacial score (nSPS) is 11.5. The molecule has 2 heterocycles. The van der Waals surface area contributed by atoms with Crippen molar-refractivity contribution in [3.05, 3.63) is 152 Å². The van der Waals surface area contributed by atoms with Crippen LogP contribution in [0.25, 0.3) is 49.5 Å². The molecule has 0 aliphatic rings. The van der Waals surface area contributed by atoms with E-state index >= 15 is 0 Å². The third kappa shape index (κ3) is 3.56. The van der Waals surface area contributed by atoms with E-state index in [0.717, 1.165) is 44.6 Å². The highest BCUT2D eigenvalue weighted by molar-refractivity contribution is 6.14. The summed E-state index contributed by atoms with van der Waals surface area (Å²) in [5.74, 6) is 0. The molecule has 40 heavy (non-hydrogen) atoms. The fourth-order valence-electron chi connectivity index (χ4n) is 5.90. The average molecular weight is 512 g/mol. The molecule has 0 fully saturated rings. The van der Waals surface area contributed by atoms with Gasteiger partial charge < -0.3 is 4.90 Å². The summed E-state index contributed by atoms with van der Waals surface area (Å²) in [5.41, 5.74) is 9.98. The summed E-state index contributed by atoms with van der Waals surface area (Å²) in [4.78, 5) is 7.50. The van der Waals surface area contributed by atoms with Gasteiger partial charge in [-0.2, -0.15) is 0 Å². The molecule has 0 aliphatic heterocycles. The van der Waals surface area contributed by atoms with Crippen LogP contribution in [0.2, 0.25) is 0 Å². The smallest absolute Gasteiger partial charge is 0.146 e. The molecule has 188 valence electrons. The number of anilines is 3. The van der Waals surface area contributed by atoms with E-state index in [1.54, 1.807) is 0 Å². The van der Waals surface area contributed by atoms with Crippen molar-refractivity contribution in [3.63, 3.8) is 0 Å². The first-order valence-electron chi connectivity index (χ1n) is 13.6. The van der Waals surface area contributed by atoms with Crippen molar-refractivity contribution in [1.82, 2.24) is 9.38 Å². The van der Waals surface area contributed by atoms with Gasteiger partial charge in [-0.15, -0.1) is 0 Å². The zero-order chi connectivity index (χ0) is 26.5. The lowest BCUT2D eigenvalue weighted by Gasteiger charge is -2.26. The molecule has 3 heteroatoms. The lowest BCUT2D eigenvalue weighted by atomic mass is 10.0. The number of para-hydroxylation sites is 2. The molecule has 0 aliphatic carbocycles. The molecule has 0 unspecified atom stereocenters. The number of rotatable bonds is 4. The molecular formula is C37H25N3. The van der Waals surface area contributed by atoms with Crippen molar-refractivity contribution < 1.29 is 0 Å². The molecule has 0 amide bonds. The van der Waals surface area contributed by atoms with Gasteiger partial charge in [0.05, 0.1) is 16.6 Å². The van der Waals surface area contributed by atoms with Crippen LogP contribution >= 0.6 is 0 Å². The Balaban J connectivity index is 1.41. The van der Waals surface area contributed by atoms with E-state index in [1.165, 1.54) is 21.9 Å². The highest BCUT2D eigenvalue weighted by Gasteiger charge is 2.17. The minimum Gasteiger partial charge on any atom is -0.310 e. The van der Waals surface area contributed by atoms with Crippen molar-refractivity contribution in [1.29, 1.82) is 0 Å². The number of hydrogen-bond acceptors (Lipinski definition) is 2. The number of imidazole rings is 1. The van der Waals surface area contributed by atoms with Crippen molar-refractivity contribution in [2.24, 2.45) is 0 Å². The van der Waals surface area contributed by atoms with E-state index in [0.29, 0.717) is 0 Å². The summed E-state index contributed by atoms with van der Waals surface area (Å²) in [7, 11) is 0. The van der Waals surface area contributed by atoms with E-state index in [2.05, 4.69) is 161 Å². The van der Waals surface area contributed by atoms with E-state index in [1.807, 2.05) is 0 Å². The highest BCUT2D eigenvalue weighted by Crippen LogP contribution is 2.39. The number of pyridine rings is 1. The Bertz CT molecular complexity index is 2110. The molecule has 0 radical (unpaired) electrons. The van der Waals surface area contributed by atoms with Crippen LogP contribution in [0.1, 0.15) is 0 Å². The van der Waals surface area contributed by atoms with Crippen LogP contribution in [0.15, 0.2) is 152 Å². The third-order valence-electron chi connectivity index (χ3n) is 7.73. The molecular weight excluding hydrogens is 486 g/mol. The van der Waals surface area contributed by atoms with Gasteiger partial charge in [0.2, 0.25) is 0 Å². The maximum absolute atomic E-state index is 5.18. The minimum atomic E-state index is 0.985. The van der Waals surface area contributed by atoms with Gasteiger partial charge in [-0.3, -0.25) is 4.40 Å². The Morgan fingerprint density at radius 3 is 1.73 bits per heavy atom. The second-order valence-electron chi connectivity index (χ2n) is 10.1. The Kier molecular flexibility index (Phi) is 5.14. The van der Waals surface area contributed by atoms with E-state index in [-0.39, 0.29) is 0 Å². The van der Waals surface area contributed by atoms with Gasteiger partial charge in [0.25, 0.3) is 0 Å². The molecule has 8 aromatic rings. The third-order valence-corrected chi connectivity index (χ3v) is 7.73. The fourth-order valence-corrected chi connectivity index (χ4v) is 5.90. The van der Waals surface area contributed by atoms with E-state index in [4.69, 9.17) is 4.98 Å². The second kappa shape index (κ2) is 9.11. The van der Waals surface area contributed by atoms with Gasteiger partial charge in [0.15, 0.2) is 0 Å². The molecule has 2 aromatic heterocycles. The van der Waals surface area contributed by atoms with Crippen LogP contribution in [-0.4, -0.2) is 9.38 Å². The van der Waals surface area contributed by atoms with Crippen LogP contribution in [-0.2, 0) is 0 Å². The van der Waals surface area contributed by atoms with E-state index in [9.17, 15) is 0 Å². The lowest BCUT2D eigenvalue weighted by molar-refractivity contribution is 1.28. The summed E-state index contributed by atoms with van der Waals surface area (Å²) in [5, 5.41) is 3.55. The van der Waals surface area contributed by atoms with Gasteiger partial charge in [-0.05, 0) is 71.1 Å². The molecule has 0 spiro atoms. The topological polar surface area (TPSA) is 20.5 Å². The van der Waals surface area contributed by atoms with Crippen molar-refractivity contribution >= 4 is 55.4 Å². The highest BCUT2D eigenvalue weighted by atomic mass is 15.1. The largest absolute Gasteiger partial charge is 0.310 e. The molecule has 0 saturated carbocycles. The number of aromatic nitrogens is 2. The van der Waals surface area contributed by atoms with Crippen LogP contribution in [0.5, 0.6) is 0 Å². The van der Waals surface area contributed by atoms with Gasteiger partial charge in [0, 0.05) is 27.8 Å². The maximum Gasteiger partial charge on any atom is 0.146 e. The summed E-state index contributed by atoms with van der Waals surface area (Å²) in [6, 6.07) is 53.7. The van der Waals surface area contributed by atoms with Crippen molar-refractivity contribution in [2.75, 3.05) is 4.90 Å². The molecule has 3 nitrogen and oxygen atoms in total. The second-order valence-corrected chi connectivity index (χ2v) is 10.1. The first-order valence-corrected chi connectivity index (χ1v) is 13.6. The van der Waals surface area contributed by atoms with Crippen LogP contribution in [0, 0.1) is 0 Å². The molecule has 0 N–H and O–H groups in total. The quantitative estimate of drug-likeness (QED) is 0.219. The Labute approximate surface area is 232 Å². The van der Waals surface area contributed by atoms with Crippen molar-refractivity contribution in [2.45, 2.75) is 0 Å². The number of benzene rings is 6. The Morgan fingerprint density at radius 1 is 0.425 bits per heavy atom. The van der Waals surface area contributed by atoms with Gasteiger partial charge >= 0.3 is 0 Å². The van der Waals surface area contributed by atoms with Gasteiger partial charge in [0.1, 0.15) is 5.65 Å². The van der Waals surface area contributed by atoms with Gasteiger partial charge in [-0.1, -0.05) is 97.1 Å². The summed E-state index contributed by atoms with van der Waals surface area (Å²) >= 11 is 0. The maximum atomic E-state index is 5.18. The minimum absolute atomic E-state index is 0.985. The van der Waals surface area contributed by atoms with E-state index < -0.39 is 0 Å². The molecule has 8 rings (SSSR count). The van der Waals surface area contributed by atoms with Gasteiger partial charge in [-0.25, -0.2) is 4.98 Å². The standard InChI is InChI=1S/C37H25N3/c1-4-12-26(13-5-1)27-20-22-36-34(24-27)38-37-32-19-11-10-18-31(32)33-25-30(21-23-35(33)40(36)37)39(28-14-6-2-7-15-28)29-16-8-3-9-17-29/h1-25H. The predicted molar refractivity (Wildman–Crippen MR) is 168 cm³/mol. The Hall–Kier alpha value is -5.41. The SMILES string of the molecule is c1ccc(-c2ccc3c(c2)nc2c4ccccc4c4cc(N(c5ccccc5)c5ccccc5)ccc4n32)cc1. The number of nitrogens with zero attached hydrogens (tertiary/aromatic N) is 3. The van der Waals surface area contributed by atoms with Crippen molar-refractivity contribution in [3.8, 4) is 11.1 Å².